The number of rotatable bonds is 6. The van der Waals surface area contributed by atoms with Crippen molar-refractivity contribution in [3.05, 3.63) is 24.3 Å². The Morgan fingerprint density at radius 2 is 1.90 bits per heavy atom. The maximum Gasteiger partial charge on any atom is 0.240 e. The Morgan fingerprint density at radius 3 is 2.43 bits per heavy atom. The Labute approximate surface area is 128 Å². The van der Waals surface area contributed by atoms with Gasteiger partial charge in [0.2, 0.25) is 10.0 Å². The normalized spacial score (nSPS) is 21.4. The Kier molecular flexibility index (Phi) is 4.94. The highest BCUT2D eigenvalue weighted by Gasteiger charge is 2.37. The van der Waals surface area contributed by atoms with Gasteiger partial charge in [-0.15, -0.1) is 0 Å². The SMILES string of the molecule is CCCNc1ccc(S(=O)(=O)NC2CCCC2(C)C)cc1. The van der Waals surface area contributed by atoms with E-state index in [1.807, 2.05) is 12.1 Å². The van der Waals surface area contributed by atoms with Gasteiger partial charge in [0.05, 0.1) is 4.90 Å². The molecule has 118 valence electrons. The molecule has 1 saturated carbocycles. The van der Waals surface area contributed by atoms with E-state index < -0.39 is 10.0 Å². The van der Waals surface area contributed by atoms with Crippen molar-refractivity contribution in [1.29, 1.82) is 0 Å². The first kappa shape index (κ1) is 16.3. The van der Waals surface area contributed by atoms with Crippen molar-refractivity contribution in [3.8, 4) is 0 Å². The van der Waals surface area contributed by atoms with Gasteiger partial charge in [0.1, 0.15) is 0 Å². The molecule has 2 rings (SSSR count). The molecular formula is C16H26N2O2S. The minimum absolute atomic E-state index is 0.0281. The Hall–Kier alpha value is -1.07. The molecule has 0 aromatic heterocycles. The highest BCUT2D eigenvalue weighted by atomic mass is 32.2. The topological polar surface area (TPSA) is 58.2 Å². The second-order valence-corrected chi connectivity index (χ2v) is 8.22. The van der Waals surface area contributed by atoms with Gasteiger partial charge in [0, 0.05) is 18.3 Å². The van der Waals surface area contributed by atoms with Crippen molar-refractivity contribution in [2.24, 2.45) is 5.41 Å². The van der Waals surface area contributed by atoms with Crippen LogP contribution >= 0.6 is 0 Å². The average molecular weight is 310 g/mol. The molecule has 21 heavy (non-hydrogen) atoms. The fraction of sp³-hybridized carbons (Fsp3) is 0.625. The molecule has 0 radical (unpaired) electrons. The van der Waals surface area contributed by atoms with Crippen molar-refractivity contribution < 1.29 is 8.42 Å². The van der Waals surface area contributed by atoms with Gasteiger partial charge in [-0.2, -0.15) is 0 Å². The van der Waals surface area contributed by atoms with Crippen LogP contribution in [0.2, 0.25) is 0 Å². The molecule has 0 amide bonds. The third-order valence-electron chi connectivity index (χ3n) is 4.30. The molecule has 2 N–H and O–H groups in total. The van der Waals surface area contributed by atoms with Crippen LogP contribution < -0.4 is 10.0 Å². The first-order valence-electron chi connectivity index (χ1n) is 7.71. The molecule has 4 nitrogen and oxygen atoms in total. The summed E-state index contributed by atoms with van der Waals surface area (Å²) < 4.78 is 27.8. The smallest absolute Gasteiger partial charge is 0.240 e. The number of anilines is 1. The molecular weight excluding hydrogens is 284 g/mol. The minimum atomic E-state index is -3.43. The summed E-state index contributed by atoms with van der Waals surface area (Å²) in [6, 6.07) is 7.01. The van der Waals surface area contributed by atoms with Crippen molar-refractivity contribution in [3.63, 3.8) is 0 Å². The lowest BCUT2D eigenvalue weighted by Gasteiger charge is -2.27. The summed E-state index contributed by atoms with van der Waals surface area (Å²) in [6.45, 7) is 7.25. The van der Waals surface area contributed by atoms with Gasteiger partial charge in [0.15, 0.2) is 0 Å². The molecule has 1 fully saturated rings. The van der Waals surface area contributed by atoms with E-state index in [-0.39, 0.29) is 11.5 Å². The van der Waals surface area contributed by atoms with Crippen LogP contribution in [-0.4, -0.2) is 21.0 Å². The second-order valence-electron chi connectivity index (χ2n) is 6.51. The lowest BCUT2D eigenvalue weighted by atomic mass is 9.88. The summed E-state index contributed by atoms with van der Waals surface area (Å²) in [6.07, 6.45) is 4.11. The Bertz CT molecular complexity index is 564. The van der Waals surface area contributed by atoms with Gasteiger partial charge < -0.3 is 5.32 Å². The number of benzene rings is 1. The predicted octanol–water partition coefficient (Wildman–Crippen LogP) is 3.37. The van der Waals surface area contributed by atoms with Gasteiger partial charge in [-0.05, 0) is 48.9 Å². The van der Waals surface area contributed by atoms with Crippen LogP contribution in [0.15, 0.2) is 29.2 Å². The number of sulfonamides is 1. The first-order valence-corrected chi connectivity index (χ1v) is 9.20. The molecule has 1 unspecified atom stereocenters. The monoisotopic (exact) mass is 310 g/mol. The summed E-state index contributed by atoms with van der Waals surface area (Å²) in [7, 11) is -3.43. The Balaban J connectivity index is 2.09. The highest BCUT2D eigenvalue weighted by Crippen LogP contribution is 2.37. The lowest BCUT2D eigenvalue weighted by Crippen LogP contribution is -2.41. The molecule has 1 aliphatic rings. The van der Waals surface area contributed by atoms with Crippen LogP contribution in [0.5, 0.6) is 0 Å². The van der Waals surface area contributed by atoms with Gasteiger partial charge in [-0.1, -0.05) is 27.2 Å². The number of hydrogen-bond acceptors (Lipinski definition) is 3. The molecule has 1 atom stereocenters. The molecule has 0 bridgehead atoms. The van der Waals surface area contributed by atoms with Crippen LogP contribution in [0, 0.1) is 5.41 Å². The zero-order chi connectivity index (χ0) is 15.5. The zero-order valence-corrected chi connectivity index (χ0v) is 14.0. The molecule has 5 heteroatoms. The molecule has 1 aliphatic carbocycles. The third-order valence-corrected chi connectivity index (χ3v) is 5.79. The first-order chi connectivity index (χ1) is 9.85. The summed E-state index contributed by atoms with van der Waals surface area (Å²) in [5.74, 6) is 0. The van der Waals surface area contributed by atoms with Gasteiger partial charge in [-0.3, -0.25) is 0 Å². The summed E-state index contributed by atoms with van der Waals surface area (Å²) in [5.41, 5.74) is 0.993. The van der Waals surface area contributed by atoms with E-state index in [0.717, 1.165) is 37.9 Å². The molecule has 1 aromatic rings. The highest BCUT2D eigenvalue weighted by molar-refractivity contribution is 7.89. The minimum Gasteiger partial charge on any atom is -0.385 e. The fourth-order valence-electron chi connectivity index (χ4n) is 2.82. The second kappa shape index (κ2) is 6.36. The van der Waals surface area contributed by atoms with E-state index in [1.54, 1.807) is 12.1 Å². The number of nitrogens with one attached hydrogen (secondary N) is 2. The predicted molar refractivity (Wildman–Crippen MR) is 87.0 cm³/mol. The molecule has 1 aromatic carbocycles. The van der Waals surface area contributed by atoms with E-state index in [4.69, 9.17) is 0 Å². The van der Waals surface area contributed by atoms with Crippen LogP contribution in [-0.2, 0) is 10.0 Å². The van der Waals surface area contributed by atoms with Gasteiger partial charge >= 0.3 is 0 Å². The molecule has 0 spiro atoms. The van der Waals surface area contributed by atoms with E-state index in [1.165, 1.54) is 0 Å². The summed E-state index contributed by atoms with van der Waals surface area (Å²) in [5, 5.41) is 3.24. The van der Waals surface area contributed by atoms with Crippen molar-refractivity contribution in [2.45, 2.75) is 57.4 Å². The van der Waals surface area contributed by atoms with Crippen molar-refractivity contribution in [2.75, 3.05) is 11.9 Å². The van der Waals surface area contributed by atoms with E-state index >= 15 is 0 Å². The maximum atomic E-state index is 12.5. The van der Waals surface area contributed by atoms with E-state index in [2.05, 4.69) is 30.8 Å². The third kappa shape index (κ3) is 3.98. The maximum absolute atomic E-state index is 12.5. The van der Waals surface area contributed by atoms with E-state index in [9.17, 15) is 8.42 Å². The zero-order valence-electron chi connectivity index (χ0n) is 13.1. The van der Waals surface area contributed by atoms with Gasteiger partial charge in [0.25, 0.3) is 0 Å². The summed E-state index contributed by atoms with van der Waals surface area (Å²) >= 11 is 0. The molecule has 0 heterocycles. The van der Waals surface area contributed by atoms with Gasteiger partial charge in [-0.25, -0.2) is 13.1 Å². The standard InChI is InChI=1S/C16H26N2O2S/c1-4-12-17-13-7-9-14(10-8-13)21(19,20)18-15-6-5-11-16(15,2)3/h7-10,15,17-18H,4-6,11-12H2,1-3H3. The van der Waals surface area contributed by atoms with Crippen LogP contribution in [0.25, 0.3) is 0 Å². The van der Waals surface area contributed by atoms with Crippen LogP contribution in [0.1, 0.15) is 46.5 Å². The molecule has 0 saturated heterocycles. The van der Waals surface area contributed by atoms with Crippen molar-refractivity contribution >= 4 is 15.7 Å². The van der Waals surface area contributed by atoms with Crippen molar-refractivity contribution in [1.82, 2.24) is 4.72 Å². The fourth-order valence-corrected chi connectivity index (χ4v) is 4.26. The quantitative estimate of drug-likeness (QED) is 0.847. The van der Waals surface area contributed by atoms with Crippen LogP contribution in [0.3, 0.4) is 0 Å². The molecule has 0 aliphatic heterocycles. The lowest BCUT2D eigenvalue weighted by molar-refractivity contribution is 0.313. The van der Waals surface area contributed by atoms with Crippen LogP contribution in [0.4, 0.5) is 5.69 Å². The largest absolute Gasteiger partial charge is 0.385 e. The number of hydrogen-bond donors (Lipinski definition) is 2. The van der Waals surface area contributed by atoms with E-state index in [0.29, 0.717) is 4.90 Å². The Morgan fingerprint density at radius 1 is 1.24 bits per heavy atom. The average Bonchev–Trinajstić information content (AvgIpc) is 2.75. The summed E-state index contributed by atoms with van der Waals surface area (Å²) in [4.78, 5) is 0.340.